The smallest absolute Gasteiger partial charge is 0.254 e. The summed E-state index contributed by atoms with van der Waals surface area (Å²) in [6.45, 7) is 3.70. The molecule has 5 heteroatoms. The van der Waals surface area contributed by atoms with Gasteiger partial charge >= 0.3 is 0 Å². The number of amides is 1. The summed E-state index contributed by atoms with van der Waals surface area (Å²) >= 11 is 17.6. The SMILES string of the molecule is CC(C)NC(=O)c1c(Cl)ccc(Cl)c1Cl. The van der Waals surface area contributed by atoms with Gasteiger partial charge in [0.05, 0.1) is 20.6 Å². The van der Waals surface area contributed by atoms with Gasteiger partial charge in [-0.3, -0.25) is 4.79 Å². The van der Waals surface area contributed by atoms with Gasteiger partial charge in [-0.2, -0.15) is 0 Å². The minimum absolute atomic E-state index is 0.0172. The summed E-state index contributed by atoms with van der Waals surface area (Å²) in [4.78, 5) is 11.7. The second kappa shape index (κ2) is 5.06. The van der Waals surface area contributed by atoms with Crippen LogP contribution < -0.4 is 5.32 Å². The molecule has 82 valence electrons. The number of nitrogens with one attached hydrogen (secondary N) is 1. The second-order valence-electron chi connectivity index (χ2n) is 3.35. The molecule has 0 atom stereocenters. The van der Waals surface area contributed by atoms with E-state index < -0.39 is 0 Å². The van der Waals surface area contributed by atoms with Crippen LogP contribution in [0.1, 0.15) is 24.2 Å². The molecule has 1 aromatic rings. The van der Waals surface area contributed by atoms with Crippen molar-refractivity contribution in [1.29, 1.82) is 0 Å². The van der Waals surface area contributed by atoms with Crippen LogP contribution in [0.15, 0.2) is 12.1 Å². The molecule has 1 rings (SSSR count). The summed E-state index contributed by atoms with van der Waals surface area (Å²) in [6, 6.07) is 3.12. The van der Waals surface area contributed by atoms with Gasteiger partial charge in [0.1, 0.15) is 0 Å². The Morgan fingerprint density at radius 1 is 1.20 bits per heavy atom. The molecule has 1 N–H and O–H groups in total. The van der Waals surface area contributed by atoms with Crippen LogP contribution in [0.5, 0.6) is 0 Å². The van der Waals surface area contributed by atoms with E-state index in [1.807, 2.05) is 13.8 Å². The first kappa shape index (κ1) is 12.6. The third-order valence-corrected chi connectivity index (χ3v) is 2.81. The Morgan fingerprint density at radius 3 is 2.27 bits per heavy atom. The molecule has 1 amide bonds. The van der Waals surface area contributed by atoms with Crippen LogP contribution >= 0.6 is 34.8 Å². The monoisotopic (exact) mass is 265 g/mol. The van der Waals surface area contributed by atoms with E-state index in [2.05, 4.69) is 5.32 Å². The standard InChI is InChI=1S/C10H10Cl3NO/c1-5(2)14-10(15)8-6(11)3-4-7(12)9(8)13/h3-5H,1-2H3,(H,14,15). The molecule has 2 nitrogen and oxygen atoms in total. The van der Waals surface area contributed by atoms with E-state index in [0.29, 0.717) is 10.0 Å². The molecular formula is C10H10Cl3NO. The van der Waals surface area contributed by atoms with Gasteiger partial charge < -0.3 is 5.32 Å². The lowest BCUT2D eigenvalue weighted by Gasteiger charge is -2.11. The number of halogens is 3. The van der Waals surface area contributed by atoms with Crippen molar-refractivity contribution in [1.82, 2.24) is 5.32 Å². The molecule has 0 aliphatic carbocycles. The molecule has 0 aliphatic rings. The molecule has 0 bridgehead atoms. The first-order valence-corrected chi connectivity index (χ1v) is 5.51. The molecular weight excluding hydrogens is 256 g/mol. The predicted molar refractivity (Wildman–Crippen MR) is 64.1 cm³/mol. The van der Waals surface area contributed by atoms with Crippen molar-refractivity contribution in [3.63, 3.8) is 0 Å². The Hall–Kier alpha value is -0.440. The summed E-state index contributed by atoms with van der Waals surface area (Å²) in [7, 11) is 0. The summed E-state index contributed by atoms with van der Waals surface area (Å²) in [5.41, 5.74) is 0.222. The van der Waals surface area contributed by atoms with Crippen LogP contribution in [0.25, 0.3) is 0 Å². The van der Waals surface area contributed by atoms with E-state index in [0.717, 1.165) is 0 Å². The fourth-order valence-electron chi connectivity index (χ4n) is 1.07. The summed E-state index contributed by atoms with van der Waals surface area (Å²) < 4.78 is 0. The highest BCUT2D eigenvalue weighted by atomic mass is 35.5. The number of hydrogen-bond acceptors (Lipinski definition) is 1. The van der Waals surface area contributed by atoms with Crippen LogP contribution in [0.4, 0.5) is 0 Å². The number of rotatable bonds is 2. The molecule has 0 unspecified atom stereocenters. The Balaban J connectivity index is 3.13. The van der Waals surface area contributed by atoms with Gasteiger partial charge in [0.15, 0.2) is 0 Å². The van der Waals surface area contributed by atoms with E-state index in [9.17, 15) is 4.79 Å². The average Bonchev–Trinajstić information content (AvgIpc) is 2.11. The van der Waals surface area contributed by atoms with Crippen LogP contribution in [0.3, 0.4) is 0 Å². The number of benzene rings is 1. The number of carbonyl (C=O) groups excluding carboxylic acids is 1. The first-order chi connectivity index (χ1) is 6.93. The Bertz CT molecular complexity index is 390. The van der Waals surface area contributed by atoms with Crippen molar-refractivity contribution >= 4 is 40.7 Å². The summed E-state index contributed by atoms with van der Waals surface area (Å²) in [6.07, 6.45) is 0. The van der Waals surface area contributed by atoms with Crippen LogP contribution in [0, 0.1) is 0 Å². The number of carbonyl (C=O) groups is 1. The lowest BCUT2D eigenvalue weighted by atomic mass is 10.2. The van der Waals surface area contributed by atoms with Crippen molar-refractivity contribution in [2.45, 2.75) is 19.9 Å². The molecule has 0 aromatic heterocycles. The first-order valence-electron chi connectivity index (χ1n) is 4.38. The van der Waals surface area contributed by atoms with Crippen molar-refractivity contribution in [3.05, 3.63) is 32.8 Å². The molecule has 0 aliphatic heterocycles. The molecule has 0 radical (unpaired) electrons. The maximum atomic E-state index is 11.7. The third-order valence-electron chi connectivity index (χ3n) is 1.69. The minimum Gasteiger partial charge on any atom is -0.350 e. The fraction of sp³-hybridized carbons (Fsp3) is 0.300. The van der Waals surface area contributed by atoms with E-state index >= 15 is 0 Å². The molecule has 15 heavy (non-hydrogen) atoms. The van der Waals surface area contributed by atoms with Gasteiger partial charge in [-0.1, -0.05) is 34.8 Å². The van der Waals surface area contributed by atoms with Gasteiger partial charge in [-0.15, -0.1) is 0 Å². The van der Waals surface area contributed by atoms with E-state index in [-0.39, 0.29) is 22.5 Å². The molecule has 0 heterocycles. The maximum Gasteiger partial charge on any atom is 0.254 e. The Labute approximate surface area is 104 Å². The molecule has 0 spiro atoms. The zero-order chi connectivity index (χ0) is 11.6. The molecule has 0 saturated heterocycles. The van der Waals surface area contributed by atoms with Crippen molar-refractivity contribution in [2.24, 2.45) is 0 Å². The van der Waals surface area contributed by atoms with Crippen LogP contribution in [-0.4, -0.2) is 11.9 Å². The second-order valence-corrected chi connectivity index (χ2v) is 4.54. The van der Waals surface area contributed by atoms with Gasteiger partial charge in [-0.25, -0.2) is 0 Å². The third kappa shape index (κ3) is 3.00. The van der Waals surface area contributed by atoms with Gasteiger partial charge in [-0.05, 0) is 26.0 Å². The molecule has 1 aromatic carbocycles. The highest BCUT2D eigenvalue weighted by molar-refractivity contribution is 6.46. The van der Waals surface area contributed by atoms with E-state index in [1.165, 1.54) is 0 Å². The lowest BCUT2D eigenvalue weighted by molar-refractivity contribution is 0.0943. The van der Waals surface area contributed by atoms with Gasteiger partial charge in [0, 0.05) is 6.04 Å². The normalized spacial score (nSPS) is 10.5. The molecule has 0 fully saturated rings. The van der Waals surface area contributed by atoms with Crippen molar-refractivity contribution in [2.75, 3.05) is 0 Å². The highest BCUT2D eigenvalue weighted by Crippen LogP contribution is 2.31. The predicted octanol–water partition coefficient (Wildman–Crippen LogP) is 3.79. The topological polar surface area (TPSA) is 29.1 Å². The van der Waals surface area contributed by atoms with Crippen molar-refractivity contribution < 1.29 is 4.79 Å². The maximum absolute atomic E-state index is 11.7. The van der Waals surface area contributed by atoms with Gasteiger partial charge in [0.2, 0.25) is 0 Å². The highest BCUT2D eigenvalue weighted by Gasteiger charge is 2.17. The lowest BCUT2D eigenvalue weighted by Crippen LogP contribution is -2.30. The van der Waals surface area contributed by atoms with Crippen molar-refractivity contribution in [3.8, 4) is 0 Å². The van der Waals surface area contributed by atoms with Gasteiger partial charge in [0.25, 0.3) is 5.91 Å². The Kier molecular flexibility index (Phi) is 4.26. The fourth-order valence-corrected chi connectivity index (χ4v) is 1.77. The van der Waals surface area contributed by atoms with E-state index in [1.54, 1.807) is 12.1 Å². The summed E-state index contributed by atoms with van der Waals surface area (Å²) in [5.74, 6) is -0.317. The Morgan fingerprint density at radius 2 is 1.73 bits per heavy atom. The molecule has 0 saturated carbocycles. The van der Waals surface area contributed by atoms with Crippen LogP contribution in [0.2, 0.25) is 15.1 Å². The van der Waals surface area contributed by atoms with Crippen LogP contribution in [-0.2, 0) is 0 Å². The quantitative estimate of drug-likeness (QED) is 0.811. The number of hydrogen-bond donors (Lipinski definition) is 1. The average molecular weight is 267 g/mol. The zero-order valence-electron chi connectivity index (χ0n) is 8.27. The minimum atomic E-state index is -0.317. The van der Waals surface area contributed by atoms with E-state index in [4.69, 9.17) is 34.8 Å². The zero-order valence-corrected chi connectivity index (χ0v) is 10.5. The summed E-state index contributed by atoms with van der Waals surface area (Å²) in [5, 5.41) is 3.49. The largest absolute Gasteiger partial charge is 0.350 e.